The van der Waals surface area contributed by atoms with Gasteiger partial charge in [0.05, 0.1) is 11.6 Å². The summed E-state index contributed by atoms with van der Waals surface area (Å²) in [5, 5.41) is 3.04. The Balaban J connectivity index is 1.42. The number of nitrogens with zero attached hydrogens (tertiary/aromatic N) is 4. The molecule has 3 N–H and O–H groups in total. The predicted molar refractivity (Wildman–Crippen MR) is 144 cm³/mol. The molecule has 0 bridgehead atoms. The van der Waals surface area contributed by atoms with Gasteiger partial charge < -0.3 is 15.8 Å². The Morgan fingerprint density at radius 2 is 1.95 bits per heavy atom. The molecule has 37 heavy (non-hydrogen) atoms. The second-order valence-corrected chi connectivity index (χ2v) is 11.0. The zero-order valence-electron chi connectivity index (χ0n) is 21.5. The van der Waals surface area contributed by atoms with Crippen molar-refractivity contribution in [3.05, 3.63) is 65.5 Å². The molecule has 0 radical (unpaired) electrons. The largest absolute Gasteiger partial charge is 0.444 e. The van der Waals surface area contributed by atoms with E-state index in [1.54, 1.807) is 6.20 Å². The summed E-state index contributed by atoms with van der Waals surface area (Å²) in [6, 6.07) is 14.3. The van der Waals surface area contributed by atoms with Crippen molar-refractivity contribution >= 4 is 23.1 Å². The number of carbonyl (C=O) groups is 1. The fraction of sp³-hybridized carbons (Fsp3) is 0.379. The van der Waals surface area contributed by atoms with Gasteiger partial charge in [0.25, 0.3) is 0 Å². The Bertz CT molecular complexity index is 1500. The van der Waals surface area contributed by atoms with Crippen molar-refractivity contribution in [2.45, 2.75) is 70.4 Å². The van der Waals surface area contributed by atoms with Gasteiger partial charge in [0.15, 0.2) is 11.5 Å². The monoisotopic (exact) mass is 496 g/mol. The second kappa shape index (κ2) is 8.87. The van der Waals surface area contributed by atoms with Crippen LogP contribution in [0.2, 0.25) is 0 Å². The van der Waals surface area contributed by atoms with Crippen LogP contribution in [0.4, 0.5) is 10.6 Å². The van der Waals surface area contributed by atoms with E-state index in [-0.39, 0.29) is 6.04 Å². The lowest BCUT2D eigenvalue weighted by molar-refractivity contribution is 0.0503. The number of nitrogens with two attached hydrogens (primary N) is 1. The van der Waals surface area contributed by atoms with Gasteiger partial charge >= 0.3 is 6.09 Å². The summed E-state index contributed by atoms with van der Waals surface area (Å²) in [5.74, 6) is 1.67. The third-order valence-electron chi connectivity index (χ3n) is 7.28. The summed E-state index contributed by atoms with van der Waals surface area (Å²) >= 11 is 0. The lowest BCUT2D eigenvalue weighted by Crippen LogP contribution is -2.34. The van der Waals surface area contributed by atoms with Crippen LogP contribution in [0.25, 0.3) is 28.2 Å². The summed E-state index contributed by atoms with van der Waals surface area (Å²) in [5.41, 5.74) is 12.6. The quantitative estimate of drug-likeness (QED) is 0.367. The molecule has 1 amide bonds. The molecule has 3 aromatic heterocycles. The minimum atomic E-state index is -0.534. The number of pyridine rings is 2. The molecule has 190 valence electrons. The Labute approximate surface area is 216 Å². The summed E-state index contributed by atoms with van der Waals surface area (Å²) in [4.78, 5) is 26.8. The first-order valence-electron chi connectivity index (χ1n) is 13.0. The normalized spacial score (nSPS) is 17.4. The van der Waals surface area contributed by atoms with Crippen LogP contribution in [0.5, 0.6) is 0 Å². The van der Waals surface area contributed by atoms with Gasteiger partial charge in [-0.25, -0.2) is 19.7 Å². The molecular weight excluding hydrogens is 464 g/mol. The van der Waals surface area contributed by atoms with Crippen molar-refractivity contribution in [3.63, 3.8) is 0 Å². The molecule has 1 fully saturated rings. The maximum atomic E-state index is 12.4. The van der Waals surface area contributed by atoms with E-state index in [4.69, 9.17) is 20.4 Å². The molecular formula is C29H32N6O2. The van der Waals surface area contributed by atoms with Crippen molar-refractivity contribution in [1.29, 1.82) is 0 Å². The topological polar surface area (TPSA) is 108 Å². The van der Waals surface area contributed by atoms with Crippen LogP contribution < -0.4 is 11.1 Å². The SMILES string of the molecule is CC(C)(C)OC(=O)N[C@H]1CCc2cc(-n3c(-c4cccnc4N)nc4ccc(C5CCC5)nc43)ccc21. The number of aromatic nitrogens is 4. The predicted octanol–water partition coefficient (Wildman–Crippen LogP) is 5.84. The first kappa shape index (κ1) is 23.5. The number of alkyl carbamates (subject to hydrolysis) is 1. The Morgan fingerprint density at radius 3 is 2.68 bits per heavy atom. The number of fused-ring (bicyclic) bond motifs is 2. The van der Waals surface area contributed by atoms with E-state index in [2.05, 4.69) is 45.2 Å². The van der Waals surface area contributed by atoms with Crippen molar-refractivity contribution in [1.82, 2.24) is 24.8 Å². The van der Waals surface area contributed by atoms with Crippen molar-refractivity contribution < 1.29 is 9.53 Å². The summed E-state index contributed by atoms with van der Waals surface area (Å²) in [6.07, 6.45) is 6.60. The third kappa shape index (κ3) is 4.41. The fourth-order valence-corrected chi connectivity index (χ4v) is 5.28. The van der Waals surface area contributed by atoms with Crippen LogP contribution in [-0.4, -0.2) is 31.2 Å². The molecule has 0 saturated heterocycles. The zero-order valence-corrected chi connectivity index (χ0v) is 21.5. The first-order valence-corrected chi connectivity index (χ1v) is 13.0. The maximum Gasteiger partial charge on any atom is 0.408 e. The average Bonchev–Trinajstić information content (AvgIpc) is 3.37. The number of rotatable bonds is 4. The molecule has 0 aliphatic heterocycles. The van der Waals surface area contributed by atoms with E-state index in [0.29, 0.717) is 11.7 Å². The molecule has 4 aromatic rings. The van der Waals surface area contributed by atoms with E-state index in [1.165, 1.54) is 24.8 Å². The number of anilines is 1. The number of imidazole rings is 1. The summed E-state index contributed by atoms with van der Waals surface area (Å²) in [6.45, 7) is 5.61. The lowest BCUT2D eigenvalue weighted by atomic mass is 9.83. The van der Waals surface area contributed by atoms with Gasteiger partial charge in [-0.1, -0.05) is 12.5 Å². The number of aryl methyl sites for hydroxylation is 1. The van der Waals surface area contributed by atoms with Crippen LogP contribution in [0.3, 0.4) is 0 Å². The number of hydrogen-bond acceptors (Lipinski definition) is 6. The molecule has 8 heteroatoms. The minimum absolute atomic E-state index is 0.0739. The van der Waals surface area contributed by atoms with E-state index < -0.39 is 11.7 Å². The van der Waals surface area contributed by atoms with E-state index in [1.807, 2.05) is 32.9 Å². The van der Waals surface area contributed by atoms with Gasteiger partial charge in [-0.15, -0.1) is 0 Å². The number of nitrogen functional groups attached to an aromatic ring is 1. The highest BCUT2D eigenvalue weighted by atomic mass is 16.6. The van der Waals surface area contributed by atoms with Gasteiger partial charge in [0.2, 0.25) is 0 Å². The molecule has 1 aromatic carbocycles. The molecule has 1 saturated carbocycles. The van der Waals surface area contributed by atoms with Crippen LogP contribution >= 0.6 is 0 Å². The zero-order chi connectivity index (χ0) is 25.7. The number of carbonyl (C=O) groups excluding carboxylic acids is 1. The number of hydrogen-bond donors (Lipinski definition) is 2. The fourth-order valence-electron chi connectivity index (χ4n) is 5.28. The highest BCUT2D eigenvalue weighted by molar-refractivity contribution is 5.83. The minimum Gasteiger partial charge on any atom is -0.444 e. The number of ether oxygens (including phenoxy) is 1. The van der Waals surface area contributed by atoms with Gasteiger partial charge in [0.1, 0.15) is 16.9 Å². The average molecular weight is 497 g/mol. The Kier molecular flexibility index (Phi) is 5.62. The van der Waals surface area contributed by atoms with Gasteiger partial charge in [-0.3, -0.25) is 4.57 Å². The van der Waals surface area contributed by atoms with Crippen LogP contribution in [-0.2, 0) is 11.2 Å². The van der Waals surface area contributed by atoms with Crippen LogP contribution in [0, 0.1) is 0 Å². The number of benzene rings is 1. The smallest absolute Gasteiger partial charge is 0.408 e. The lowest BCUT2D eigenvalue weighted by Gasteiger charge is -2.24. The van der Waals surface area contributed by atoms with Crippen LogP contribution in [0.1, 0.15) is 75.2 Å². The van der Waals surface area contributed by atoms with E-state index in [0.717, 1.165) is 52.3 Å². The standard InChI is InChI=1S/C29H32N6O2/c1-29(2,3)37-28(36)34-23-12-9-18-16-19(10-11-20(18)23)35-26(21-8-5-15-31-25(21)30)33-24-14-13-22(32-27(24)35)17-6-4-7-17/h5,8,10-11,13-17,23H,4,6-7,9,12H2,1-3H3,(H2,30,31)(H,34,36)/t23-/m0/s1. The molecule has 1 atom stereocenters. The third-order valence-corrected chi connectivity index (χ3v) is 7.28. The second-order valence-electron chi connectivity index (χ2n) is 11.0. The summed E-state index contributed by atoms with van der Waals surface area (Å²) < 4.78 is 7.57. The first-order chi connectivity index (χ1) is 17.8. The Morgan fingerprint density at radius 1 is 1.11 bits per heavy atom. The van der Waals surface area contributed by atoms with Crippen molar-refractivity contribution in [3.8, 4) is 17.1 Å². The molecule has 0 unspecified atom stereocenters. The number of amides is 1. The molecule has 2 aliphatic carbocycles. The molecule has 6 rings (SSSR count). The van der Waals surface area contributed by atoms with Gasteiger partial charge in [-0.2, -0.15) is 0 Å². The molecule has 8 nitrogen and oxygen atoms in total. The van der Waals surface area contributed by atoms with Crippen LogP contribution in [0.15, 0.2) is 48.7 Å². The highest BCUT2D eigenvalue weighted by Crippen LogP contribution is 2.38. The Hall–Kier alpha value is -3.94. The van der Waals surface area contributed by atoms with Crippen molar-refractivity contribution in [2.75, 3.05) is 5.73 Å². The van der Waals surface area contributed by atoms with Crippen molar-refractivity contribution in [2.24, 2.45) is 0 Å². The molecule has 0 spiro atoms. The molecule has 3 heterocycles. The molecule has 2 aliphatic rings. The maximum absolute atomic E-state index is 12.4. The van der Waals surface area contributed by atoms with Gasteiger partial charge in [0, 0.05) is 23.5 Å². The summed E-state index contributed by atoms with van der Waals surface area (Å²) in [7, 11) is 0. The van der Waals surface area contributed by atoms with E-state index in [9.17, 15) is 4.79 Å². The number of nitrogens with one attached hydrogen (secondary N) is 1. The van der Waals surface area contributed by atoms with E-state index >= 15 is 0 Å². The van der Waals surface area contributed by atoms with Gasteiger partial charge in [-0.05, 0) is 94.0 Å². The highest BCUT2D eigenvalue weighted by Gasteiger charge is 2.28.